The number of nitrogens with one attached hydrogen (secondary N) is 2. The number of pyridine rings is 1. The standard InChI is InChI=1S/C14H17N5O3.C2H4O2/c1-19-14(21)17-12(18-19)13(20)16-11-8-22-7-10(11)6-9-2-4-15-5-3-9;1-2(3)4/h2-5,10-11H,6-8H2,1H3,(H,16,20)(H,17,18,21);1H3,(H,3,4)/t10-,11-;/m1./s1. The van der Waals surface area contributed by atoms with E-state index in [1.54, 1.807) is 12.4 Å². The third-order valence-electron chi connectivity index (χ3n) is 3.75. The number of amides is 1. The summed E-state index contributed by atoms with van der Waals surface area (Å²) in [5.74, 6) is -1.03. The summed E-state index contributed by atoms with van der Waals surface area (Å²) >= 11 is 0. The van der Waals surface area contributed by atoms with E-state index in [1.165, 1.54) is 7.05 Å². The second-order valence-corrected chi connectivity index (χ2v) is 5.86. The van der Waals surface area contributed by atoms with Crippen LogP contribution in [-0.2, 0) is 23.0 Å². The molecule has 10 nitrogen and oxygen atoms in total. The van der Waals surface area contributed by atoms with Crippen LogP contribution in [0.2, 0.25) is 0 Å². The Labute approximate surface area is 149 Å². The molecule has 140 valence electrons. The Hall–Kier alpha value is -3.01. The smallest absolute Gasteiger partial charge is 0.343 e. The zero-order valence-electron chi connectivity index (χ0n) is 14.5. The molecule has 0 aliphatic carbocycles. The lowest BCUT2D eigenvalue weighted by atomic mass is 9.95. The molecule has 2 atom stereocenters. The van der Waals surface area contributed by atoms with Gasteiger partial charge in [-0.25, -0.2) is 9.48 Å². The van der Waals surface area contributed by atoms with Crippen molar-refractivity contribution in [1.29, 1.82) is 0 Å². The van der Waals surface area contributed by atoms with Gasteiger partial charge in [-0.3, -0.25) is 19.6 Å². The Morgan fingerprint density at radius 1 is 1.38 bits per heavy atom. The number of rotatable bonds is 4. The van der Waals surface area contributed by atoms with Crippen LogP contribution in [0.25, 0.3) is 0 Å². The van der Waals surface area contributed by atoms with E-state index in [2.05, 4.69) is 20.4 Å². The molecule has 1 saturated heterocycles. The normalized spacial score (nSPS) is 18.7. The molecule has 1 amide bonds. The van der Waals surface area contributed by atoms with Crippen molar-refractivity contribution in [2.24, 2.45) is 13.0 Å². The van der Waals surface area contributed by atoms with Gasteiger partial charge in [-0.1, -0.05) is 0 Å². The van der Waals surface area contributed by atoms with E-state index in [1.807, 2.05) is 12.1 Å². The summed E-state index contributed by atoms with van der Waals surface area (Å²) < 4.78 is 6.57. The molecule has 2 aromatic heterocycles. The van der Waals surface area contributed by atoms with Gasteiger partial charge in [0.1, 0.15) is 0 Å². The molecular weight excluding hydrogens is 342 g/mol. The van der Waals surface area contributed by atoms with Gasteiger partial charge < -0.3 is 15.2 Å². The third kappa shape index (κ3) is 5.52. The van der Waals surface area contributed by atoms with Crippen LogP contribution >= 0.6 is 0 Å². The quantitative estimate of drug-likeness (QED) is 0.670. The number of carbonyl (C=O) groups is 2. The minimum absolute atomic E-state index is 0.0158. The summed E-state index contributed by atoms with van der Waals surface area (Å²) in [6.07, 6.45) is 4.29. The Morgan fingerprint density at radius 2 is 2.04 bits per heavy atom. The molecule has 0 unspecified atom stereocenters. The highest BCUT2D eigenvalue weighted by atomic mass is 16.5. The second-order valence-electron chi connectivity index (χ2n) is 5.86. The number of hydrogen-bond donors (Lipinski definition) is 3. The number of carboxylic acid groups (broad SMARTS) is 1. The average molecular weight is 363 g/mol. The molecule has 2 aromatic rings. The zero-order chi connectivity index (χ0) is 19.1. The number of ether oxygens (including phenoxy) is 1. The predicted octanol–water partition coefficient (Wildman–Crippen LogP) is -0.418. The fraction of sp³-hybridized carbons (Fsp3) is 0.438. The van der Waals surface area contributed by atoms with Crippen LogP contribution in [0, 0.1) is 5.92 Å². The minimum atomic E-state index is -0.833. The van der Waals surface area contributed by atoms with Gasteiger partial charge in [0.2, 0.25) is 5.82 Å². The van der Waals surface area contributed by atoms with Gasteiger partial charge >= 0.3 is 5.69 Å². The Kier molecular flexibility index (Phi) is 6.61. The molecule has 0 aromatic carbocycles. The first kappa shape index (κ1) is 19.3. The topological polar surface area (TPSA) is 139 Å². The number of carbonyl (C=O) groups excluding carboxylic acids is 1. The molecule has 10 heteroatoms. The van der Waals surface area contributed by atoms with E-state index in [0.717, 1.165) is 23.6 Å². The van der Waals surface area contributed by atoms with Gasteiger partial charge in [0.05, 0.1) is 19.3 Å². The van der Waals surface area contributed by atoms with Crippen LogP contribution < -0.4 is 11.0 Å². The summed E-state index contributed by atoms with van der Waals surface area (Å²) in [7, 11) is 1.49. The first-order valence-corrected chi connectivity index (χ1v) is 7.97. The first-order valence-electron chi connectivity index (χ1n) is 7.97. The summed E-state index contributed by atoms with van der Waals surface area (Å²) in [6.45, 7) is 2.13. The molecule has 1 fully saturated rings. The SMILES string of the molecule is CC(=O)O.Cn1nc(C(=O)N[C@@H]2COC[C@H]2Cc2ccncc2)[nH]c1=O. The third-order valence-corrected chi connectivity index (χ3v) is 3.75. The average Bonchev–Trinajstić information content (AvgIpc) is 3.15. The van der Waals surface area contributed by atoms with Crippen molar-refractivity contribution in [3.8, 4) is 0 Å². The highest BCUT2D eigenvalue weighted by Gasteiger charge is 2.30. The van der Waals surface area contributed by atoms with E-state index in [0.29, 0.717) is 13.2 Å². The maximum Gasteiger partial charge on any atom is 0.343 e. The Bertz CT molecular complexity index is 797. The number of carboxylic acids is 1. The molecule has 0 radical (unpaired) electrons. The largest absolute Gasteiger partial charge is 0.481 e. The van der Waals surface area contributed by atoms with Gasteiger partial charge in [0, 0.05) is 32.3 Å². The summed E-state index contributed by atoms with van der Waals surface area (Å²) in [4.78, 5) is 38.9. The summed E-state index contributed by atoms with van der Waals surface area (Å²) in [6, 6.07) is 3.80. The van der Waals surface area contributed by atoms with E-state index in [-0.39, 0.29) is 17.8 Å². The lowest BCUT2D eigenvalue weighted by molar-refractivity contribution is -0.134. The van der Waals surface area contributed by atoms with E-state index < -0.39 is 17.6 Å². The van der Waals surface area contributed by atoms with E-state index in [4.69, 9.17) is 14.6 Å². The number of hydrogen-bond acceptors (Lipinski definition) is 6. The number of aromatic amines is 1. The number of aryl methyl sites for hydroxylation is 1. The molecule has 1 aliphatic heterocycles. The van der Waals surface area contributed by atoms with Gasteiger partial charge in [-0.2, -0.15) is 0 Å². The van der Waals surface area contributed by atoms with Crippen molar-refractivity contribution in [3.63, 3.8) is 0 Å². The Balaban J connectivity index is 0.000000552. The molecule has 3 heterocycles. The number of H-pyrrole nitrogens is 1. The molecule has 3 rings (SSSR count). The van der Waals surface area contributed by atoms with Crippen molar-refractivity contribution < 1.29 is 19.4 Å². The summed E-state index contributed by atoms with van der Waals surface area (Å²) in [5, 5.41) is 14.1. The molecular formula is C16H21N5O5. The van der Waals surface area contributed by atoms with Crippen LogP contribution in [0.15, 0.2) is 29.3 Å². The van der Waals surface area contributed by atoms with E-state index >= 15 is 0 Å². The van der Waals surface area contributed by atoms with Crippen LogP contribution in [0.3, 0.4) is 0 Å². The number of aromatic nitrogens is 4. The first-order chi connectivity index (χ1) is 12.4. The second kappa shape index (κ2) is 8.90. The van der Waals surface area contributed by atoms with Crippen LogP contribution in [-0.4, -0.2) is 56.0 Å². The van der Waals surface area contributed by atoms with Crippen LogP contribution in [0.5, 0.6) is 0 Å². The number of aliphatic carboxylic acids is 1. The zero-order valence-corrected chi connectivity index (χ0v) is 14.5. The summed E-state index contributed by atoms with van der Waals surface area (Å²) in [5.41, 5.74) is 0.733. The van der Waals surface area contributed by atoms with Crippen molar-refractivity contribution >= 4 is 11.9 Å². The van der Waals surface area contributed by atoms with Crippen LogP contribution in [0.4, 0.5) is 0 Å². The lowest BCUT2D eigenvalue weighted by Gasteiger charge is -2.18. The predicted molar refractivity (Wildman–Crippen MR) is 90.6 cm³/mol. The van der Waals surface area contributed by atoms with Crippen molar-refractivity contribution in [1.82, 2.24) is 25.1 Å². The van der Waals surface area contributed by atoms with Crippen molar-refractivity contribution in [3.05, 3.63) is 46.4 Å². The van der Waals surface area contributed by atoms with Gasteiger partial charge in [-0.15, -0.1) is 5.10 Å². The van der Waals surface area contributed by atoms with Crippen LogP contribution in [0.1, 0.15) is 23.1 Å². The fourth-order valence-corrected chi connectivity index (χ4v) is 2.52. The molecule has 26 heavy (non-hydrogen) atoms. The minimum Gasteiger partial charge on any atom is -0.481 e. The van der Waals surface area contributed by atoms with Crippen molar-refractivity contribution in [2.45, 2.75) is 19.4 Å². The van der Waals surface area contributed by atoms with Crippen molar-refractivity contribution in [2.75, 3.05) is 13.2 Å². The number of nitrogens with zero attached hydrogens (tertiary/aromatic N) is 3. The molecule has 1 aliphatic rings. The molecule has 0 spiro atoms. The van der Waals surface area contributed by atoms with E-state index in [9.17, 15) is 9.59 Å². The van der Waals surface area contributed by atoms with Gasteiger partial charge in [0.15, 0.2) is 0 Å². The lowest BCUT2D eigenvalue weighted by Crippen LogP contribution is -2.41. The molecule has 0 bridgehead atoms. The van der Waals surface area contributed by atoms with Gasteiger partial charge in [0.25, 0.3) is 11.9 Å². The highest BCUT2D eigenvalue weighted by molar-refractivity contribution is 5.90. The molecule has 3 N–H and O–H groups in total. The molecule has 0 saturated carbocycles. The maximum absolute atomic E-state index is 12.1. The van der Waals surface area contributed by atoms with Gasteiger partial charge in [-0.05, 0) is 24.1 Å². The fourth-order valence-electron chi connectivity index (χ4n) is 2.52. The maximum atomic E-state index is 12.1. The highest BCUT2D eigenvalue weighted by Crippen LogP contribution is 2.19. The Morgan fingerprint density at radius 3 is 2.62 bits per heavy atom. The monoisotopic (exact) mass is 363 g/mol.